The van der Waals surface area contributed by atoms with Crippen molar-refractivity contribution in [1.82, 2.24) is 19.8 Å². The number of benzene rings is 1. The number of β-amino-alcohol motifs (C(OH)–C–C–N with tert-alkyl or cyclic N) is 1. The van der Waals surface area contributed by atoms with Gasteiger partial charge in [0, 0.05) is 50.3 Å². The molecule has 4 rings (SSSR count). The van der Waals surface area contributed by atoms with Crippen molar-refractivity contribution in [3.8, 4) is 0 Å². The highest BCUT2D eigenvalue weighted by Crippen LogP contribution is 2.39. The van der Waals surface area contributed by atoms with E-state index in [2.05, 4.69) is 50.1 Å². The Morgan fingerprint density at radius 1 is 1.12 bits per heavy atom. The highest BCUT2D eigenvalue weighted by Gasteiger charge is 2.48. The van der Waals surface area contributed by atoms with E-state index in [1.54, 1.807) is 12.4 Å². The van der Waals surface area contributed by atoms with Crippen molar-refractivity contribution >= 4 is 0 Å². The Kier molecular flexibility index (Phi) is 5.29. The average Bonchev–Trinajstić information content (AvgIpc) is 3.09. The van der Waals surface area contributed by atoms with Crippen LogP contribution in [0.2, 0.25) is 0 Å². The first kappa shape index (κ1) is 17.6. The van der Waals surface area contributed by atoms with Crippen molar-refractivity contribution < 1.29 is 5.11 Å². The number of rotatable bonds is 5. The molecule has 0 amide bonds. The summed E-state index contributed by atoms with van der Waals surface area (Å²) in [5.74, 6) is 0. The van der Waals surface area contributed by atoms with E-state index in [1.807, 2.05) is 6.20 Å². The summed E-state index contributed by atoms with van der Waals surface area (Å²) in [4.78, 5) is 13.4. The van der Waals surface area contributed by atoms with E-state index in [1.165, 1.54) is 12.0 Å². The molecular weight excluding hydrogens is 324 g/mol. The summed E-state index contributed by atoms with van der Waals surface area (Å²) in [6, 6.07) is 10.7. The molecule has 3 heterocycles. The average molecular weight is 352 g/mol. The van der Waals surface area contributed by atoms with E-state index in [9.17, 15) is 5.11 Å². The maximum Gasteiger partial charge on any atom is 0.0851 e. The molecule has 1 aromatic carbocycles. The van der Waals surface area contributed by atoms with Gasteiger partial charge in [-0.05, 0) is 37.8 Å². The standard InChI is InChI=1S/C21H28N4O/c26-20-17-24(16-19-15-22-10-11-23-19)14-9-21(20)8-4-12-25(21)13-7-18-5-2-1-3-6-18/h1-3,5-6,10-11,15,20,26H,4,7-9,12-14,16-17H2/t20-,21-/m0/s1. The Morgan fingerprint density at radius 2 is 2.00 bits per heavy atom. The van der Waals surface area contributed by atoms with Gasteiger partial charge < -0.3 is 5.11 Å². The van der Waals surface area contributed by atoms with Crippen molar-refractivity contribution in [2.24, 2.45) is 0 Å². The molecule has 0 aliphatic carbocycles. The van der Waals surface area contributed by atoms with E-state index in [4.69, 9.17) is 0 Å². The SMILES string of the molecule is O[C@H]1CN(Cc2cnccn2)CC[C@@]12CCCN2CCc1ccccc1. The van der Waals surface area contributed by atoms with E-state index in [0.29, 0.717) is 0 Å². The second-order valence-electron chi connectivity index (χ2n) is 7.63. The molecule has 138 valence electrons. The summed E-state index contributed by atoms with van der Waals surface area (Å²) in [7, 11) is 0. The lowest BCUT2D eigenvalue weighted by Crippen LogP contribution is -2.61. The first-order chi connectivity index (χ1) is 12.8. The van der Waals surface area contributed by atoms with Gasteiger partial charge in [-0.2, -0.15) is 0 Å². The number of hydrogen-bond donors (Lipinski definition) is 1. The molecule has 1 N–H and O–H groups in total. The van der Waals surface area contributed by atoms with Crippen molar-refractivity contribution in [3.63, 3.8) is 0 Å². The summed E-state index contributed by atoms with van der Waals surface area (Å²) in [6.07, 6.45) is 9.34. The van der Waals surface area contributed by atoms with Gasteiger partial charge in [0.2, 0.25) is 0 Å². The quantitative estimate of drug-likeness (QED) is 0.893. The van der Waals surface area contributed by atoms with Crippen LogP contribution >= 0.6 is 0 Å². The van der Waals surface area contributed by atoms with Crippen molar-refractivity contribution in [1.29, 1.82) is 0 Å². The van der Waals surface area contributed by atoms with Gasteiger partial charge in [-0.15, -0.1) is 0 Å². The second-order valence-corrected chi connectivity index (χ2v) is 7.63. The van der Waals surface area contributed by atoms with Gasteiger partial charge in [-0.25, -0.2) is 0 Å². The molecular formula is C21H28N4O. The van der Waals surface area contributed by atoms with E-state index in [0.717, 1.165) is 57.7 Å². The fourth-order valence-corrected chi connectivity index (χ4v) is 4.67. The Bertz CT molecular complexity index is 696. The molecule has 2 atom stereocenters. The topological polar surface area (TPSA) is 52.5 Å². The highest BCUT2D eigenvalue weighted by atomic mass is 16.3. The van der Waals surface area contributed by atoms with Crippen LogP contribution in [0.25, 0.3) is 0 Å². The lowest BCUT2D eigenvalue weighted by molar-refractivity contribution is -0.0651. The third-order valence-corrected chi connectivity index (χ3v) is 6.10. The van der Waals surface area contributed by atoms with Gasteiger partial charge in [-0.3, -0.25) is 19.8 Å². The summed E-state index contributed by atoms with van der Waals surface area (Å²) < 4.78 is 0. The molecule has 2 aromatic rings. The third kappa shape index (κ3) is 3.65. The largest absolute Gasteiger partial charge is 0.390 e. The number of piperidine rings is 1. The van der Waals surface area contributed by atoms with Crippen LogP contribution in [0.3, 0.4) is 0 Å². The predicted molar refractivity (Wildman–Crippen MR) is 102 cm³/mol. The van der Waals surface area contributed by atoms with E-state index >= 15 is 0 Å². The number of hydrogen-bond acceptors (Lipinski definition) is 5. The zero-order valence-corrected chi connectivity index (χ0v) is 15.3. The minimum Gasteiger partial charge on any atom is -0.390 e. The summed E-state index contributed by atoms with van der Waals surface area (Å²) in [5, 5.41) is 11.1. The van der Waals surface area contributed by atoms with Gasteiger partial charge in [0.25, 0.3) is 0 Å². The van der Waals surface area contributed by atoms with E-state index < -0.39 is 0 Å². The number of likely N-dealkylation sites (tertiary alicyclic amines) is 2. The first-order valence-corrected chi connectivity index (χ1v) is 9.70. The summed E-state index contributed by atoms with van der Waals surface area (Å²) >= 11 is 0. The molecule has 0 unspecified atom stereocenters. The van der Waals surface area contributed by atoms with Crippen LogP contribution in [0.15, 0.2) is 48.9 Å². The molecule has 2 fully saturated rings. The molecule has 1 spiro atoms. The molecule has 2 aliphatic heterocycles. The maximum atomic E-state index is 11.1. The molecule has 1 aromatic heterocycles. The molecule has 0 saturated carbocycles. The number of aliphatic hydroxyl groups excluding tert-OH is 1. The lowest BCUT2D eigenvalue weighted by Gasteiger charge is -2.48. The maximum absolute atomic E-state index is 11.1. The summed E-state index contributed by atoms with van der Waals surface area (Å²) in [6.45, 7) is 4.64. The number of aromatic nitrogens is 2. The lowest BCUT2D eigenvalue weighted by atomic mass is 9.82. The van der Waals surface area contributed by atoms with Gasteiger partial charge >= 0.3 is 0 Å². The Morgan fingerprint density at radius 3 is 2.77 bits per heavy atom. The zero-order chi connectivity index (χ0) is 17.8. The molecule has 26 heavy (non-hydrogen) atoms. The normalized spacial score (nSPS) is 27.2. The molecule has 2 aliphatic rings. The molecule has 2 saturated heterocycles. The third-order valence-electron chi connectivity index (χ3n) is 6.10. The second kappa shape index (κ2) is 7.82. The van der Waals surface area contributed by atoms with Crippen LogP contribution in [0, 0.1) is 0 Å². The van der Waals surface area contributed by atoms with Crippen LogP contribution in [0.4, 0.5) is 0 Å². The van der Waals surface area contributed by atoms with Crippen LogP contribution in [0.1, 0.15) is 30.5 Å². The fraction of sp³-hybridized carbons (Fsp3) is 0.524. The van der Waals surface area contributed by atoms with Crippen LogP contribution in [-0.4, -0.2) is 62.7 Å². The van der Waals surface area contributed by atoms with Crippen molar-refractivity contribution in [2.45, 2.75) is 43.9 Å². The van der Waals surface area contributed by atoms with Crippen molar-refractivity contribution in [3.05, 3.63) is 60.2 Å². The monoisotopic (exact) mass is 352 g/mol. The Hall–Kier alpha value is -1.82. The smallest absolute Gasteiger partial charge is 0.0851 e. The van der Waals surface area contributed by atoms with Gasteiger partial charge in [0.1, 0.15) is 0 Å². The van der Waals surface area contributed by atoms with Crippen molar-refractivity contribution in [2.75, 3.05) is 26.2 Å². The molecule has 0 bridgehead atoms. The van der Waals surface area contributed by atoms with Crippen LogP contribution in [0.5, 0.6) is 0 Å². The molecule has 5 heteroatoms. The van der Waals surface area contributed by atoms with Crippen LogP contribution < -0.4 is 0 Å². The minimum absolute atomic E-state index is 0.0341. The summed E-state index contributed by atoms with van der Waals surface area (Å²) in [5.41, 5.74) is 2.32. The highest BCUT2D eigenvalue weighted by molar-refractivity contribution is 5.15. The van der Waals surface area contributed by atoms with Gasteiger partial charge in [-0.1, -0.05) is 30.3 Å². The number of nitrogens with zero attached hydrogens (tertiary/aromatic N) is 4. The Balaban J connectivity index is 1.38. The first-order valence-electron chi connectivity index (χ1n) is 9.70. The van der Waals surface area contributed by atoms with Gasteiger partial charge in [0.05, 0.1) is 11.8 Å². The number of aliphatic hydroxyl groups is 1. The molecule has 5 nitrogen and oxygen atoms in total. The molecule has 0 radical (unpaired) electrons. The van der Waals surface area contributed by atoms with Gasteiger partial charge in [0.15, 0.2) is 0 Å². The zero-order valence-electron chi connectivity index (χ0n) is 15.3. The van der Waals surface area contributed by atoms with Crippen LogP contribution in [-0.2, 0) is 13.0 Å². The Labute approximate surface area is 155 Å². The predicted octanol–water partition coefficient (Wildman–Crippen LogP) is 2.12. The minimum atomic E-state index is -0.300. The fourth-order valence-electron chi connectivity index (χ4n) is 4.67. The van der Waals surface area contributed by atoms with E-state index in [-0.39, 0.29) is 11.6 Å².